The van der Waals surface area contributed by atoms with Crippen LogP contribution in [0.1, 0.15) is 129 Å². The molecule has 1 aromatic rings. The summed E-state index contributed by atoms with van der Waals surface area (Å²) < 4.78 is 6.05. The second-order valence-corrected chi connectivity index (χ2v) is 22.5. The van der Waals surface area contributed by atoms with Crippen molar-refractivity contribution in [3.05, 3.63) is 68.6 Å². The minimum Gasteiger partial charge on any atom is -0.392 e. The highest BCUT2D eigenvalue weighted by Gasteiger charge is 2.77. The Morgan fingerprint density at radius 2 is 1.67 bits per heavy atom. The van der Waals surface area contributed by atoms with E-state index in [1.807, 2.05) is 13.8 Å². The van der Waals surface area contributed by atoms with Gasteiger partial charge < -0.3 is 14.9 Å². The van der Waals surface area contributed by atoms with Crippen LogP contribution in [0.5, 0.6) is 0 Å². The van der Waals surface area contributed by atoms with E-state index in [2.05, 4.69) is 72.9 Å². The molecule has 12 atom stereocenters. The van der Waals surface area contributed by atoms with E-state index < -0.39 is 28.5 Å². The van der Waals surface area contributed by atoms with E-state index in [-0.39, 0.29) is 46.2 Å². The summed E-state index contributed by atoms with van der Waals surface area (Å²) in [5, 5.41) is 25.6. The second-order valence-electron chi connectivity index (χ2n) is 22.5. The minimum absolute atomic E-state index is 0.0114. The number of hydrogen-bond acceptors (Lipinski definition) is 6. The predicted octanol–water partition coefficient (Wildman–Crippen LogP) is 7.15. The number of epoxide rings is 1. The van der Waals surface area contributed by atoms with Crippen LogP contribution in [0.4, 0.5) is 0 Å². The van der Waals surface area contributed by atoms with Crippen molar-refractivity contribution >= 4 is 17.8 Å². The molecule has 0 amide bonds. The molecule has 3 N–H and O–H groups in total. The third-order valence-electron chi connectivity index (χ3n) is 18.6. The van der Waals surface area contributed by atoms with Crippen molar-refractivity contribution in [2.45, 2.75) is 157 Å². The highest BCUT2D eigenvalue weighted by atomic mass is 16.6. The van der Waals surface area contributed by atoms with Crippen LogP contribution < -0.4 is 4.90 Å². The standard InChI is InChI=1S/C50H66N2O5/c1-27-19-28(2)21-29(20-27)22-31-25-52-26-32-37-38(47(7,23-34(53)44-46(5,6)57-44)16-12-30-24-51-39(31)40(30)52)42(56)33-11-10-15-50(49(33,37)9)18-13-35-45(3,4)36(54)14-17-48(35,8)43(50)41(32)55/h19-21,24,32-35,41,43-44,53,55H,10-18,22-23,25-26H2,1-9H3/p+1/t32-,33-,34-,35+,41-,43+,44+,47+,48+,49+,50-/m1/s1. The Morgan fingerprint density at radius 3 is 2.37 bits per heavy atom. The maximum absolute atomic E-state index is 15.7. The van der Waals surface area contributed by atoms with Crippen LogP contribution in [-0.4, -0.2) is 65.0 Å². The molecule has 57 heavy (non-hydrogen) atoms. The summed E-state index contributed by atoms with van der Waals surface area (Å²) in [7, 11) is 0. The smallest absolute Gasteiger partial charge is 0.163 e. The van der Waals surface area contributed by atoms with Gasteiger partial charge in [-0.25, -0.2) is 4.99 Å². The normalized spacial score (nSPS) is 44.2. The topological polar surface area (TPSA) is 104 Å². The number of hydrogen-bond donors (Lipinski definition) is 3. The number of aliphatic hydroxyl groups is 2. The molecule has 0 aromatic heterocycles. The van der Waals surface area contributed by atoms with Crippen LogP contribution in [0, 0.1) is 64.6 Å². The Balaban J connectivity index is 1.16. The van der Waals surface area contributed by atoms with Crippen molar-refractivity contribution in [3.8, 4) is 0 Å². The maximum Gasteiger partial charge on any atom is 0.163 e. The number of Topliss-reactive ketones (excluding diaryl/α,β-unsaturated/α-hetero) is 2. The molecule has 1 spiro atoms. The SMILES string of the molecule is Cc1cc(C)cc(CC2=C3N=CC4=C3[NH+](C2)C[C@@H]2C3=C(C(=O)[C@H]5CCC[C@]6(CC[C@H]7C(C)(C)C(=O)CC[C@]7(C)[C@@H]6[C@@H]2O)[C@]35C)[C@](C)(C[C@@H](O)[C@@H]2OC2(C)C)CC4)c1. The number of aliphatic imine (C=N–C) groups is 1. The molecule has 4 aliphatic heterocycles. The van der Waals surface area contributed by atoms with Gasteiger partial charge in [0.05, 0.1) is 30.3 Å². The summed E-state index contributed by atoms with van der Waals surface area (Å²) in [5.41, 5.74) is 8.82. The zero-order chi connectivity index (χ0) is 40.4. The summed E-state index contributed by atoms with van der Waals surface area (Å²) in [4.78, 5) is 35.9. The number of allylic oxidation sites excluding steroid dienone is 2. The zero-order valence-electron chi connectivity index (χ0n) is 36.1. The fraction of sp³-hybridized carbons (Fsp3) is 0.700. The third kappa shape index (κ3) is 5.07. The van der Waals surface area contributed by atoms with Gasteiger partial charge in [-0.3, -0.25) is 14.5 Å². The fourth-order valence-electron chi connectivity index (χ4n) is 16.3. The summed E-state index contributed by atoms with van der Waals surface area (Å²) in [6, 6.07) is 6.86. The quantitative estimate of drug-likeness (QED) is 0.276. The molecule has 9 aliphatic rings. The first kappa shape index (κ1) is 38.5. The molecule has 1 saturated heterocycles. The molecule has 0 radical (unpaired) electrons. The van der Waals surface area contributed by atoms with E-state index in [0.717, 1.165) is 75.6 Å². The third-order valence-corrected chi connectivity index (χ3v) is 18.6. The largest absolute Gasteiger partial charge is 0.392 e. The van der Waals surface area contributed by atoms with E-state index in [0.29, 0.717) is 31.0 Å². The Labute approximate surface area is 340 Å². The molecule has 7 nitrogen and oxygen atoms in total. The first-order valence-corrected chi connectivity index (χ1v) is 22.6. The highest BCUT2D eigenvalue weighted by molar-refractivity contribution is 6.04. The van der Waals surface area contributed by atoms with Gasteiger partial charge in [0.2, 0.25) is 0 Å². The van der Waals surface area contributed by atoms with E-state index in [4.69, 9.17) is 9.73 Å². The molecule has 0 bridgehead atoms. The first-order valence-electron chi connectivity index (χ1n) is 22.6. The second kappa shape index (κ2) is 12.2. The van der Waals surface area contributed by atoms with Crippen molar-refractivity contribution in [2.75, 3.05) is 13.1 Å². The van der Waals surface area contributed by atoms with E-state index in [1.165, 1.54) is 44.0 Å². The lowest BCUT2D eigenvalue weighted by Gasteiger charge is -2.72. The van der Waals surface area contributed by atoms with Crippen LogP contribution in [0.15, 0.2) is 56.9 Å². The molecule has 1 unspecified atom stereocenters. The fourth-order valence-corrected chi connectivity index (χ4v) is 16.3. The monoisotopic (exact) mass is 776 g/mol. The lowest BCUT2D eigenvalue weighted by Crippen LogP contribution is -3.10. The number of fused-ring (bicyclic) bond motifs is 2. The highest BCUT2D eigenvalue weighted by Crippen LogP contribution is 2.79. The van der Waals surface area contributed by atoms with E-state index in [1.54, 1.807) is 0 Å². The lowest BCUT2D eigenvalue weighted by atomic mass is 9.31. The average molecular weight is 776 g/mol. The van der Waals surface area contributed by atoms with E-state index >= 15 is 4.79 Å². The molecule has 4 saturated carbocycles. The number of rotatable bonds is 5. The van der Waals surface area contributed by atoms with Gasteiger partial charge in [-0.05, 0) is 118 Å². The van der Waals surface area contributed by atoms with Gasteiger partial charge in [0.15, 0.2) is 11.5 Å². The molecule has 5 fully saturated rings. The summed E-state index contributed by atoms with van der Waals surface area (Å²) in [6.45, 7) is 21.5. The van der Waals surface area contributed by atoms with Crippen molar-refractivity contribution in [1.82, 2.24) is 0 Å². The number of aliphatic hydroxyl groups excluding tert-OH is 2. The van der Waals surface area contributed by atoms with Gasteiger partial charge in [-0.1, -0.05) is 70.4 Å². The molecule has 306 valence electrons. The Bertz CT molecular complexity index is 2100. The number of nitrogens with zero attached hydrogens (tertiary/aromatic N) is 1. The van der Waals surface area contributed by atoms with Gasteiger partial charge >= 0.3 is 0 Å². The number of ketones is 2. The number of carbonyl (C=O) groups excluding carboxylic acids is 2. The van der Waals surface area contributed by atoms with Gasteiger partial charge in [0, 0.05) is 52.5 Å². The molecular formula is C50H67N2O5+. The number of benzene rings is 1. The predicted molar refractivity (Wildman–Crippen MR) is 222 cm³/mol. The Morgan fingerprint density at radius 1 is 0.947 bits per heavy atom. The first-order chi connectivity index (χ1) is 26.8. The number of quaternary nitrogens is 1. The molecule has 4 heterocycles. The number of carbonyl (C=O) groups is 2. The van der Waals surface area contributed by atoms with Gasteiger partial charge in [0.1, 0.15) is 24.1 Å². The van der Waals surface area contributed by atoms with Crippen molar-refractivity contribution in [3.63, 3.8) is 0 Å². The van der Waals surface area contributed by atoms with Crippen molar-refractivity contribution in [1.29, 1.82) is 0 Å². The molecular weight excluding hydrogens is 709 g/mol. The van der Waals surface area contributed by atoms with Crippen LogP contribution in [-0.2, 0) is 20.7 Å². The Kier molecular flexibility index (Phi) is 8.24. The maximum atomic E-state index is 15.7. The van der Waals surface area contributed by atoms with Crippen LogP contribution >= 0.6 is 0 Å². The number of nitrogens with one attached hydrogen (secondary N) is 1. The minimum atomic E-state index is -0.697. The molecule has 10 rings (SSSR count). The van der Waals surface area contributed by atoms with Gasteiger partial charge in [0.25, 0.3) is 0 Å². The van der Waals surface area contributed by atoms with Gasteiger partial charge in [-0.15, -0.1) is 0 Å². The summed E-state index contributed by atoms with van der Waals surface area (Å²) >= 11 is 0. The molecule has 5 aliphatic carbocycles. The number of ether oxygens (including phenoxy) is 1. The van der Waals surface area contributed by atoms with Crippen molar-refractivity contribution < 1.29 is 29.4 Å². The van der Waals surface area contributed by atoms with Crippen LogP contribution in [0.3, 0.4) is 0 Å². The summed E-state index contributed by atoms with van der Waals surface area (Å²) in [5.74, 6) is 0.497. The Hall–Kier alpha value is -2.71. The molecule has 7 heteroatoms. The van der Waals surface area contributed by atoms with Gasteiger partial charge in [-0.2, -0.15) is 0 Å². The lowest BCUT2D eigenvalue weighted by molar-refractivity contribution is -0.852. The van der Waals surface area contributed by atoms with Crippen LogP contribution in [0.2, 0.25) is 0 Å². The summed E-state index contributed by atoms with van der Waals surface area (Å²) in [6.07, 6.45) is 9.51. The van der Waals surface area contributed by atoms with Crippen molar-refractivity contribution in [2.24, 2.45) is 55.7 Å². The number of aryl methyl sites for hydroxylation is 2. The zero-order valence-corrected chi connectivity index (χ0v) is 36.1. The molecule has 1 aromatic carbocycles. The average Bonchev–Trinajstić information content (AvgIpc) is 3.36. The van der Waals surface area contributed by atoms with Crippen LogP contribution in [0.25, 0.3) is 0 Å². The van der Waals surface area contributed by atoms with E-state index in [9.17, 15) is 15.0 Å².